The highest BCUT2D eigenvalue weighted by Gasteiger charge is 1.93. The summed E-state index contributed by atoms with van der Waals surface area (Å²) in [4.78, 5) is 0. The van der Waals surface area contributed by atoms with E-state index >= 15 is 0 Å². The number of para-hydroxylation sites is 1. The number of allylic oxidation sites excluding steroid dienone is 1. The largest absolute Gasteiger partial charge is 0.508 e. The van der Waals surface area contributed by atoms with Crippen LogP contribution in [0.2, 0.25) is 0 Å². The highest BCUT2D eigenvalue weighted by molar-refractivity contribution is 8.93. The fourth-order valence-corrected chi connectivity index (χ4v) is 0.839. The molecule has 68 valence electrons. The van der Waals surface area contributed by atoms with Crippen LogP contribution in [0.5, 0.6) is 5.75 Å². The SMILES string of the molecule is Br.Br.C=CCc1ccccc1O. The van der Waals surface area contributed by atoms with Crippen molar-refractivity contribution in [3.63, 3.8) is 0 Å². The number of benzene rings is 1. The monoisotopic (exact) mass is 294 g/mol. The molecule has 0 radical (unpaired) electrons. The van der Waals surface area contributed by atoms with Gasteiger partial charge in [-0.1, -0.05) is 24.3 Å². The van der Waals surface area contributed by atoms with Gasteiger partial charge >= 0.3 is 0 Å². The van der Waals surface area contributed by atoms with Gasteiger partial charge in [0.25, 0.3) is 0 Å². The van der Waals surface area contributed by atoms with E-state index in [1.54, 1.807) is 12.1 Å². The van der Waals surface area contributed by atoms with E-state index in [0.29, 0.717) is 5.75 Å². The number of halogens is 2. The lowest BCUT2D eigenvalue weighted by Crippen LogP contribution is -1.79. The molecule has 0 aliphatic heterocycles. The smallest absolute Gasteiger partial charge is 0.119 e. The summed E-state index contributed by atoms with van der Waals surface area (Å²) >= 11 is 0. The molecular weight excluding hydrogens is 284 g/mol. The fourth-order valence-electron chi connectivity index (χ4n) is 0.839. The molecule has 0 aromatic heterocycles. The van der Waals surface area contributed by atoms with Crippen molar-refractivity contribution in [2.45, 2.75) is 6.42 Å². The van der Waals surface area contributed by atoms with Crippen LogP contribution in [-0.4, -0.2) is 5.11 Å². The van der Waals surface area contributed by atoms with E-state index in [0.717, 1.165) is 12.0 Å². The minimum absolute atomic E-state index is 0. The maximum absolute atomic E-state index is 9.19. The average Bonchev–Trinajstić information content (AvgIpc) is 1.94. The summed E-state index contributed by atoms with van der Waals surface area (Å²) in [6.07, 6.45) is 2.50. The third-order valence-corrected chi connectivity index (χ3v) is 1.36. The Hall–Kier alpha value is -0.280. The Morgan fingerprint density at radius 1 is 1.25 bits per heavy atom. The van der Waals surface area contributed by atoms with Gasteiger partial charge in [-0.2, -0.15) is 0 Å². The second-order valence-electron chi connectivity index (χ2n) is 2.12. The molecule has 0 amide bonds. The quantitative estimate of drug-likeness (QED) is 0.830. The maximum atomic E-state index is 9.19. The van der Waals surface area contributed by atoms with Crippen LogP contribution in [0.25, 0.3) is 0 Å². The fraction of sp³-hybridized carbons (Fsp3) is 0.111. The van der Waals surface area contributed by atoms with E-state index < -0.39 is 0 Å². The van der Waals surface area contributed by atoms with Crippen LogP contribution < -0.4 is 0 Å². The molecule has 1 nitrogen and oxygen atoms in total. The number of phenolic OH excluding ortho intramolecular Hbond substituents is 1. The summed E-state index contributed by atoms with van der Waals surface area (Å²) in [5.74, 6) is 0.349. The van der Waals surface area contributed by atoms with Crippen molar-refractivity contribution in [3.05, 3.63) is 42.5 Å². The number of hydrogen-bond donors (Lipinski definition) is 1. The van der Waals surface area contributed by atoms with Gasteiger partial charge in [0, 0.05) is 0 Å². The Labute approximate surface area is 93.7 Å². The maximum Gasteiger partial charge on any atom is 0.119 e. The van der Waals surface area contributed by atoms with Gasteiger partial charge in [0.1, 0.15) is 5.75 Å². The van der Waals surface area contributed by atoms with Crippen molar-refractivity contribution in [2.75, 3.05) is 0 Å². The zero-order chi connectivity index (χ0) is 7.40. The van der Waals surface area contributed by atoms with Crippen molar-refractivity contribution >= 4 is 34.0 Å². The van der Waals surface area contributed by atoms with E-state index in [-0.39, 0.29) is 34.0 Å². The molecule has 1 N–H and O–H groups in total. The van der Waals surface area contributed by atoms with Crippen LogP contribution in [0, 0.1) is 0 Å². The predicted molar refractivity (Wildman–Crippen MR) is 62.7 cm³/mol. The summed E-state index contributed by atoms with van der Waals surface area (Å²) < 4.78 is 0. The van der Waals surface area contributed by atoms with Crippen molar-refractivity contribution in [2.24, 2.45) is 0 Å². The molecule has 12 heavy (non-hydrogen) atoms. The van der Waals surface area contributed by atoms with Crippen molar-refractivity contribution in [3.8, 4) is 5.75 Å². The minimum Gasteiger partial charge on any atom is -0.508 e. The first-order valence-electron chi connectivity index (χ1n) is 3.22. The van der Waals surface area contributed by atoms with Gasteiger partial charge in [-0.15, -0.1) is 40.5 Å². The molecule has 0 bridgehead atoms. The first kappa shape index (κ1) is 14.3. The van der Waals surface area contributed by atoms with Gasteiger partial charge in [-0.05, 0) is 18.1 Å². The van der Waals surface area contributed by atoms with Crippen molar-refractivity contribution in [1.29, 1.82) is 0 Å². The molecule has 1 rings (SSSR count). The third kappa shape index (κ3) is 3.93. The molecule has 1 aromatic carbocycles. The van der Waals surface area contributed by atoms with Gasteiger partial charge in [0.2, 0.25) is 0 Å². The van der Waals surface area contributed by atoms with Crippen LogP contribution >= 0.6 is 34.0 Å². The molecule has 0 atom stereocenters. The zero-order valence-electron chi connectivity index (χ0n) is 6.56. The summed E-state index contributed by atoms with van der Waals surface area (Å²) in [6.45, 7) is 3.59. The molecular formula is C9H12Br2O. The first-order chi connectivity index (χ1) is 4.84. The van der Waals surface area contributed by atoms with Crippen molar-refractivity contribution in [1.82, 2.24) is 0 Å². The molecule has 0 aliphatic carbocycles. The number of rotatable bonds is 2. The average molecular weight is 296 g/mol. The van der Waals surface area contributed by atoms with Crippen molar-refractivity contribution < 1.29 is 5.11 Å². The minimum atomic E-state index is 0. The molecule has 0 heterocycles. The number of hydrogen-bond acceptors (Lipinski definition) is 1. The zero-order valence-corrected chi connectivity index (χ0v) is 9.99. The third-order valence-electron chi connectivity index (χ3n) is 1.36. The van der Waals surface area contributed by atoms with Crippen LogP contribution in [0.1, 0.15) is 5.56 Å². The van der Waals surface area contributed by atoms with Crippen LogP contribution in [-0.2, 0) is 6.42 Å². The van der Waals surface area contributed by atoms with Crippen LogP contribution in [0.15, 0.2) is 36.9 Å². The molecule has 0 saturated carbocycles. The van der Waals surface area contributed by atoms with Gasteiger partial charge in [-0.25, -0.2) is 0 Å². The lowest BCUT2D eigenvalue weighted by molar-refractivity contribution is 0.470. The normalized spacial score (nSPS) is 7.67. The molecule has 0 unspecified atom stereocenters. The Morgan fingerprint density at radius 2 is 1.83 bits per heavy atom. The predicted octanol–water partition coefficient (Wildman–Crippen LogP) is 3.28. The molecule has 3 heteroatoms. The molecule has 0 spiro atoms. The second kappa shape index (κ2) is 7.37. The number of aromatic hydroxyl groups is 1. The Balaban J connectivity index is 0. The summed E-state index contributed by atoms with van der Waals surface area (Å²) in [7, 11) is 0. The lowest BCUT2D eigenvalue weighted by Gasteiger charge is -1.97. The van der Waals surface area contributed by atoms with Crippen LogP contribution in [0.3, 0.4) is 0 Å². The standard InChI is InChI=1S/C9H10O.2BrH/c1-2-5-8-6-3-4-7-9(8)10;;/h2-4,6-7,10H,1,5H2;2*1H. The Morgan fingerprint density at radius 3 is 2.33 bits per heavy atom. The van der Waals surface area contributed by atoms with E-state index in [9.17, 15) is 5.11 Å². The van der Waals surface area contributed by atoms with Gasteiger partial charge in [0.15, 0.2) is 0 Å². The summed E-state index contributed by atoms with van der Waals surface area (Å²) in [5.41, 5.74) is 0.928. The van der Waals surface area contributed by atoms with Gasteiger partial charge in [-0.3, -0.25) is 0 Å². The lowest BCUT2D eigenvalue weighted by atomic mass is 10.1. The molecule has 0 saturated heterocycles. The summed E-state index contributed by atoms with van der Waals surface area (Å²) in [6, 6.07) is 7.27. The first-order valence-corrected chi connectivity index (χ1v) is 3.22. The van der Waals surface area contributed by atoms with E-state index in [4.69, 9.17) is 0 Å². The highest BCUT2D eigenvalue weighted by atomic mass is 79.9. The molecule has 0 aliphatic rings. The highest BCUT2D eigenvalue weighted by Crippen LogP contribution is 2.15. The van der Waals surface area contributed by atoms with E-state index in [1.807, 2.05) is 18.2 Å². The summed E-state index contributed by atoms with van der Waals surface area (Å²) in [5, 5.41) is 9.19. The van der Waals surface area contributed by atoms with Gasteiger partial charge in [0.05, 0.1) is 0 Å². The molecule has 0 fully saturated rings. The van der Waals surface area contributed by atoms with Gasteiger partial charge < -0.3 is 5.11 Å². The topological polar surface area (TPSA) is 20.2 Å². The second-order valence-corrected chi connectivity index (χ2v) is 2.12. The molecule has 1 aromatic rings. The Kier molecular flexibility index (Phi) is 8.76. The van der Waals surface area contributed by atoms with Crippen LogP contribution in [0.4, 0.5) is 0 Å². The van der Waals surface area contributed by atoms with E-state index in [1.165, 1.54) is 0 Å². The van der Waals surface area contributed by atoms with E-state index in [2.05, 4.69) is 6.58 Å². The number of phenols is 1. The Bertz CT molecular complexity index is 236.